The van der Waals surface area contributed by atoms with E-state index < -0.39 is 0 Å². The summed E-state index contributed by atoms with van der Waals surface area (Å²) in [6.45, 7) is 4.17. The van der Waals surface area contributed by atoms with Crippen LogP contribution in [0.2, 0.25) is 0 Å². The lowest BCUT2D eigenvalue weighted by Crippen LogP contribution is -2.36. The summed E-state index contributed by atoms with van der Waals surface area (Å²) in [5.41, 5.74) is 3.20. The Labute approximate surface area is 124 Å². The van der Waals surface area contributed by atoms with Crippen LogP contribution in [0.5, 0.6) is 0 Å². The summed E-state index contributed by atoms with van der Waals surface area (Å²) in [5, 5.41) is 3.23. The Morgan fingerprint density at radius 1 is 1.05 bits per heavy atom. The molecule has 3 rings (SSSR count). The molecule has 1 saturated heterocycles. The van der Waals surface area contributed by atoms with Crippen LogP contribution in [0.1, 0.15) is 5.56 Å². The number of ether oxygens (including phenoxy) is 1. The van der Waals surface area contributed by atoms with E-state index in [1.807, 2.05) is 6.07 Å². The minimum absolute atomic E-state index is 0.220. The van der Waals surface area contributed by atoms with Gasteiger partial charge < -0.3 is 15.0 Å². The molecule has 0 bridgehead atoms. The van der Waals surface area contributed by atoms with Crippen LogP contribution in [-0.4, -0.2) is 26.3 Å². The van der Waals surface area contributed by atoms with Crippen molar-refractivity contribution in [1.82, 2.24) is 0 Å². The average molecular weight is 286 g/mol. The first-order chi connectivity index (χ1) is 10.3. The van der Waals surface area contributed by atoms with Crippen molar-refractivity contribution in [1.29, 1.82) is 0 Å². The number of nitrogens with zero attached hydrogens (tertiary/aromatic N) is 1. The van der Waals surface area contributed by atoms with Crippen LogP contribution >= 0.6 is 0 Å². The molecule has 1 aliphatic heterocycles. The maximum absolute atomic E-state index is 13.1. The number of benzene rings is 2. The smallest absolute Gasteiger partial charge is 0.125 e. The molecule has 2 aromatic rings. The largest absolute Gasteiger partial charge is 0.381 e. The number of hydrogen-bond donors (Lipinski definition) is 1. The van der Waals surface area contributed by atoms with Gasteiger partial charge in [0.2, 0.25) is 0 Å². The lowest BCUT2D eigenvalue weighted by Gasteiger charge is -2.28. The molecule has 0 unspecified atom stereocenters. The average Bonchev–Trinajstić information content (AvgIpc) is 2.54. The van der Waals surface area contributed by atoms with Crippen LogP contribution in [-0.2, 0) is 11.3 Å². The molecule has 0 atom stereocenters. The summed E-state index contributed by atoms with van der Waals surface area (Å²) < 4.78 is 18.5. The highest BCUT2D eigenvalue weighted by atomic mass is 19.1. The SMILES string of the molecule is Fc1cccc(NCc2ccc(N3CCOCC3)cc2)c1. The molecule has 0 spiro atoms. The number of morpholine rings is 1. The van der Waals surface area contributed by atoms with Crippen LogP contribution < -0.4 is 10.2 Å². The normalized spacial score (nSPS) is 15.0. The summed E-state index contributed by atoms with van der Waals surface area (Å²) >= 11 is 0. The Morgan fingerprint density at radius 2 is 1.81 bits per heavy atom. The van der Waals surface area contributed by atoms with Gasteiger partial charge in [0.25, 0.3) is 0 Å². The van der Waals surface area contributed by atoms with Gasteiger partial charge >= 0.3 is 0 Å². The molecule has 3 nitrogen and oxygen atoms in total. The number of rotatable bonds is 4. The molecule has 0 radical (unpaired) electrons. The highest BCUT2D eigenvalue weighted by Crippen LogP contribution is 2.17. The summed E-state index contributed by atoms with van der Waals surface area (Å²) in [6.07, 6.45) is 0. The van der Waals surface area contributed by atoms with E-state index in [2.05, 4.69) is 34.5 Å². The molecule has 1 N–H and O–H groups in total. The Balaban J connectivity index is 1.59. The van der Waals surface area contributed by atoms with Gasteiger partial charge in [-0.05, 0) is 35.9 Å². The summed E-state index contributed by atoms with van der Waals surface area (Å²) in [6, 6.07) is 15.0. The van der Waals surface area contributed by atoms with E-state index in [9.17, 15) is 4.39 Å². The maximum atomic E-state index is 13.1. The third kappa shape index (κ3) is 3.73. The lowest BCUT2D eigenvalue weighted by atomic mass is 10.2. The predicted molar refractivity (Wildman–Crippen MR) is 83.2 cm³/mol. The molecule has 1 fully saturated rings. The quantitative estimate of drug-likeness (QED) is 0.933. The lowest BCUT2D eigenvalue weighted by molar-refractivity contribution is 0.122. The number of hydrogen-bond acceptors (Lipinski definition) is 3. The minimum Gasteiger partial charge on any atom is -0.381 e. The monoisotopic (exact) mass is 286 g/mol. The number of nitrogens with one attached hydrogen (secondary N) is 1. The van der Waals surface area contributed by atoms with Crippen molar-refractivity contribution in [3.63, 3.8) is 0 Å². The van der Waals surface area contributed by atoms with Gasteiger partial charge in [-0.1, -0.05) is 18.2 Å². The van der Waals surface area contributed by atoms with Crippen molar-refractivity contribution < 1.29 is 9.13 Å². The van der Waals surface area contributed by atoms with Crippen molar-refractivity contribution in [3.05, 3.63) is 59.9 Å². The van der Waals surface area contributed by atoms with Crippen molar-refractivity contribution in [2.24, 2.45) is 0 Å². The molecule has 0 aromatic heterocycles. The van der Waals surface area contributed by atoms with E-state index in [0.29, 0.717) is 6.54 Å². The molecule has 0 amide bonds. The van der Waals surface area contributed by atoms with Gasteiger partial charge in [-0.3, -0.25) is 0 Å². The molecule has 0 aliphatic carbocycles. The first-order valence-electron chi connectivity index (χ1n) is 7.22. The molecule has 4 heteroatoms. The number of anilines is 2. The molecular weight excluding hydrogens is 267 g/mol. The second kappa shape index (κ2) is 6.59. The Bertz CT molecular complexity index is 580. The second-order valence-electron chi connectivity index (χ2n) is 5.13. The fourth-order valence-corrected chi connectivity index (χ4v) is 2.45. The highest BCUT2D eigenvalue weighted by Gasteiger charge is 2.10. The zero-order valence-corrected chi connectivity index (χ0v) is 11.9. The van der Waals surface area contributed by atoms with Crippen molar-refractivity contribution in [2.75, 3.05) is 36.5 Å². The van der Waals surface area contributed by atoms with Gasteiger partial charge in [0.15, 0.2) is 0 Å². The Morgan fingerprint density at radius 3 is 2.52 bits per heavy atom. The molecule has 1 heterocycles. The van der Waals surface area contributed by atoms with E-state index in [-0.39, 0.29) is 5.82 Å². The van der Waals surface area contributed by atoms with Crippen LogP contribution in [0, 0.1) is 5.82 Å². The van der Waals surface area contributed by atoms with Crippen LogP contribution in [0.3, 0.4) is 0 Å². The van der Waals surface area contributed by atoms with Gasteiger partial charge in [-0.25, -0.2) is 4.39 Å². The Kier molecular flexibility index (Phi) is 4.36. The van der Waals surface area contributed by atoms with Crippen molar-refractivity contribution in [2.45, 2.75) is 6.54 Å². The molecule has 21 heavy (non-hydrogen) atoms. The molecular formula is C17H19FN2O. The zero-order chi connectivity index (χ0) is 14.5. The fraction of sp³-hybridized carbons (Fsp3) is 0.294. The summed E-state index contributed by atoms with van der Waals surface area (Å²) in [4.78, 5) is 2.33. The predicted octanol–water partition coefficient (Wildman–Crippen LogP) is 3.27. The maximum Gasteiger partial charge on any atom is 0.125 e. The minimum atomic E-state index is -0.220. The zero-order valence-electron chi connectivity index (χ0n) is 11.9. The second-order valence-corrected chi connectivity index (χ2v) is 5.13. The highest BCUT2D eigenvalue weighted by molar-refractivity contribution is 5.49. The van der Waals surface area contributed by atoms with Crippen LogP contribution in [0.25, 0.3) is 0 Å². The molecule has 1 aliphatic rings. The molecule has 110 valence electrons. The van der Waals surface area contributed by atoms with E-state index in [1.54, 1.807) is 6.07 Å². The van der Waals surface area contributed by atoms with Crippen molar-refractivity contribution >= 4 is 11.4 Å². The summed E-state index contributed by atoms with van der Waals surface area (Å²) in [7, 11) is 0. The number of halogens is 1. The van der Waals surface area contributed by atoms with Gasteiger partial charge in [-0.2, -0.15) is 0 Å². The van der Waals surface area contributed by atoms with Crippen molar-refractivity contribution in [3.8, 4) is 0 Å². The third-order valence-electron chi connectivity index (χ3n) is 3.63. The van der Waals surface area contributed by atoms with Gasteiger partial charge in [0, 0.05) is 31.0 Å². The van der Waals surface area contributed by atoms with E-state index in [1.165, 1.54) is 23.4 Å². The standard InChI is InChI=1S/C17H19FN2O/c18-15-2-1-3-16(12-15)19-13-14-4-6-17(7-5-14)20-8-10-21-11-9-20/h1-7,12,19H,8-11,13H2. The first-order valence-corrected chi connectivity index (χ1v) is 7.22. The van der Waals surface area contributed by atoms with E-state index >= 15 is 0 Å². The third-order valence-corrected chi connectivity index (χ3v) is 3.63. The van der Waals surface area contributed by atoms with Crippen LogP contribution in [0.15, 0.2) is 48.5 Å². The van der Waals surface area contributed by atoms with Gasteiger partial charge in [0.1, 0.15) is 5.82 Å². The van der Waals surface area contributed by atoms with E-state index in [4.69, 9.17) is 4.74 Å². The van der Waals surface area contributed by atoms with Crippen LogP contribution in [0.4, 0.5) is 15.8 Å². The Hall–Kier alpha value is -2.07. The van der Waals surface area contributed by atoms with Gasteiger partial charge in [0.05, 0.1) is 13.2 Å². The molecule has 0 saturated carbocycles. The van der Waals surface area contributed by atoms with E-state index in [0.717, 1.165) is 32.0 Å². The fourth-order valence-electron chi connectivity index (χ4n) is 2.45. The topological polar surface area (TPSA) is 24.5 Å². The van der Waals surface area contributed by atoms with Gasteiger partial charge in [-0.15, -0.1) is 0 Å². The molecule has 2 aromatic carbocycles. The summed E-state index contributed by atoms with van der Waals surface area (Å²) in [5.74, 6) is -0.220. The first kappa shape index (κ1) is 13.9.